The highest BCUT2D eigenvalue weighted by Crippen LogP contribution is 2.30. The van der Waals surface area contributed by atoms with Crippen molar-refractivity contribution in [2.45, 2.75) is 18.6 Å². The molecule has 0 aliphatic carbocycles. The summed E-state index contributed by atoms with van der Waals surface area (Å²) in [5.41, 5.74) is 8.03. The van der Waals surface area contributed by atoms with E-state index < -0.39 is 11.5 Å². The second-order valence-electron chi connectivity index (χ2n) is 7.55. The van der Waals surface area contributed by atoms with Crippen LogP contribution in [0.3, 0.4) is 0 Å². The van der Waals surface area contributed by atoms with Crippen LogP contribution < -0.4 is 5.73 Å². The monoisotopic (exact) mass is 418 g/mol. The van der Waals surface area contributed by atoms with Crippen LogP contribution in [0.25, 0.3) is 16.6 Å². The Labute approximate surface area is 179 Å². The van der Waals surface area contributed by atoms with Crippen LogP contribution in [0.2, 0.25) is 0 Å². The zero-order valence-electron chi connectivity index (χ0n) is 17.0. The van der Waals surface area contributed by atoms with Gasteiger partial charge in [0.1, 0.15) is 0 Å². The standard InChI is InChI=1S/C23H22N4O4/c1-26(15-29)10-9-23(14-31-23)8-7-16-3-2-4-18(11-16)27-20-6-5-17(13-28)12-19(20)21(25-27)22(24)30/h2-6,11-12,15,28H,9-10,13-14H2,1H3,(H2,24,30). The number of nitrogens with zero attached hydrogens (tertiary/aromatic N) is 3. The molecule has 4 rings (SSSR count). The molecule has 1 fully saturated rings. The van der Waals surface area contributed by atoms with Crippen molar-refractivity contribution in [2.24, 2.45) is 5.73 Å². The van der Waals surface area contributed by atoms with Crippen molar-refractivity contribution < 1.29 is 19.4 Å². The second kappa shape index (κ2) is 8.22. The van der Waals surface area contributed by atoms with Crippen LogP contribution in [-0.4, -0.2) is 57.9 Å². The topological polar surface area (TPSA) is 114 Å². The fourth-order valence-corrected chi connectivity index (χ4v) is 3.32. The molecule has 1 unspecified atom stereocenters. The number of hydrogen-bond donors (Lipinski definition) is 2. The highest BCUT2D eigenvalue weighted by Gasteiger charge is 2.42. The molecule has 1 saturated heterocycles. The number of fused-ring (bicyclic) bond motifs is 1. The van der Waals surface area contributed by atoms with Crippen LogP contribution in [-0.2, 0) is 16.1 Å². The average Bonchev–Trinajstić information content (AvgIpc) is 3.46. The molecule has 1 aliphatic rings. The Morgan fingerprint density at radius 2 is 2.19 bits per heavy atom. The average molecular weight is 418 g/mol. The summed E-state index contributed by atoms with van der Waals surface area (Å²) >= 11 is 0. The first-order chi connectivity index (χ1) is 14.9. The van der Waals surface area contributed by atoms with Crippen LogP contribution in [0, 0.1) is 11.8 Å². The fourth-order valence-electron chi connectivity index (χ4n) is 3.32. The molecule has 0 saturated carbocycles. The Kier molecular flexibility index (Phi) is 5.46. The Hall–Kier alpha value is -3.67. The van der Waals surface area contributed by atoms with Crippen LogP contribution in [0.4, 0.5) is 0 Å². The molecule has 8 nitrogen and oxygen atoms in total. The lowest BCUT2D eigenvalue weighted by molar-refractivity contribution is -0.117. The van der Waals surface area contributed by atoms with Gasteiger partial charge in [0.15, 0.2) is 11.3 Å². The van der Waals surface area contributed by atoms with Gasteiger partial charge in [-0.1, -0.05) is 24.0 Å². The van der Waals surface area contributed by atoms with Gasteiger partial charge in [-0.25, -0.2) is 4.68 Å². The molecule has 158 valence electrons. The number of aliphatic hydroxyl groups excluding tert-OH is 1. The number of benzene rings is 2. The van der Waals surface area contributed by atoms with Crippen molar-refractivity contribution in [1.82, 2.24) is 14.7 Å². The number of nitrogens with two attached hydrogens (primary N) is 1. The van der Waals surface area contributed by atoms with E-state index in [4.69, 9.17) is 10.5 Å². The van der Waals surface area contributed by atoms with Crippen molar-refractivity contribution in [3.63, 3.8) is 0 Å². The van der Waals surface area contributed by atoms with E-state index in [1.807, 2.05) is 24.3 Å². The van der Waals surface area contributed by atoms with Crippen LogP contribution in [0.1, 0.15) is 28.0 Å². The molecule has 0 radical (unpaired) electrons. The molecular formula is C23H22N4O4. The minimum absolute atomic E-state index is 0.142. The molecule has 1 aliphatic heterocycles. The molecular weight excluding hydrogens is 396 g/mol. The highest BCUT2D eigenvalue weighted by atomic mass is 16.6. The summed E-state index contributed by atoms with van der Waals surface area (Å²) in [4.78, 5) is 24.2. The van der Waals surface area contributed by atoms with E-state index in [2.05, 4.69) is 16.9 Å². The minimum atomic E-state index is -0.636. The third kappa shape index (κ3) is 4.28. The summed E-state index contributed by atoms with van der Waals surface area (Å²) in [6, 6.07) is 12.8. The largest absolute Gasteiger partial charge is 0.392 e. The molecule has 0 bridgehead atoms. The van der Waals surface area contributed by atoms with E-state index in [-0.39, 0.29) is 12.3 Å². The predicted octanol–water partition coefficient (Wildman–Crippen LogP) is 1.22. The van der Waals surface area contributed by atoms with Gasteiger partial charge in [0.05, 0.1) is 24.4 Å². The summed E-state index contributed by atoms with van der Waals surface area (Å²) in [6.45, 7) is 0.978. The summed E-state index contributed by atoms with van der Waals surface area (Å²) in [7, 11) is 1.72. The van der Waals surface area contributed by atoms with E-state index >= 15 is 0 Å². The first-order valence-corrected chi connectivity index (χ1v) is 9.80. The highest BCUT2D eigenvalue weighted by molar-refractivity contribution is 6.04. The minimum Gasteiger partial charge on any atom is -0.392 e. The Bertz CT molecular complexity index is 1220. The first kappa shape index (κ1) is 20.6. The number of carbonyl (C=O) groups excluding carboxylic acids is 2. The molecule has 2 amide bonds. The number of epoxide rings is 1. The van der Waals surface area contributed by atoms with Crippen molar-refractivity contribution in [3.8, 4) is 17.5 Å². The van der Waals surface area contributed by atoms with Crippen LogP contribution in [0.5, 0.6) is 0 Å². The van der Waals surface area contributed by atoms with E-state index in [9.17, 15) is 14.7 Å². The second-order valence-corrected chi connectivity index (χ2v) is 7.55. The van der Waals surface area contributed by atoms with E-state index in [1.165, 1.54) is 0 Å². The first-order valence-electron chi connectivity index (χ1n) is 9.80. The molecule has 1 atom stereocenters. The molecule has 3 aromatic rings. The maximum Gasteiger partial charge on any atom is 0.269 e. The van der Waals surface area contributed by atoms with Crippen molar-refractivity contribution in [3.05, 3.63) is 59.3 Å². The fraction of sp³-hybridized carbons (Fsp3) is 0.261. The summed E-state index contributed by atoms with van der Waals surface area (Å²) in [6.07, 6.45) is 1.43. The van der Waals surface area contributed by atoms with Gasteiger partial charge in [0.2, 0.25) is 6.41 Å². The SMILES string of the molecule is CN(C=O)CCC1(C#Cc2cccc(-n3nc(C(N)=O)c4cc(CO)ccc43)c2)CO1. The maximum absolute atomic E-state index is 11.9. The smallest absolute Gasteiger partial charge is 0.269 e. The van der Waals surface area contributed by atoms with E-state index in [0.717, 1.165) is 17.7 Å². The van der Waals surface area contributed by atoms with E-state index in [1.54, 1.807) is 34.8 Å². The zero-order chi connectivity index (χ0) is 22.0. The molecule has 2 aromatic carbocycles. The number of aliphatic hydroxyl groups is 1. The van der Waals surface area contributed by atoms with Gasteiger partial charge in [-0.05, 0) is 35.9 Å². The molecule has 31 heavy (non-hydrogen) atoms. The number of carbonyl (C=O) groups is 2. The predicted molar refractivity (Wildman–Crippen MR) is 114 cm³/mol. The van der Waals surface area contributed by atoms with Gasteiger partial charge < -0.3 is 20.5 Å². The summed E-state index contributed by atoms with van der Waals surface area (Å²) in [5, 5.41) is 14.4. The molecule has 1 aromatic heterocycles. The van der Waals surface area contributed by atoms with Gasteiger partial charge in [0, 0.05) is 31.0 Å². The zero-order valence-corrected chi connectivity index (χ0v) is 17.0. The number of ether oxygens (including phenoxy) is 1. The summed E-state index contributed by atoms with van der Waals surface area (Å²) in [5.74, 6) is 5.69. The number of rotatable bonds is 7. The van der Waals surface area contributed by atoms with Gasteiger partial charge in [0.25, 0.3) is 5.91 Å². The molecule has 0 spiro atoms. The van der Waals surface area contributed by atoms with Crippen LogP contribution in [0.15, 0.2) is 42.5 Å². The van der Waals surface area contributed by atoms with Gasteiger partial charge >= 0.3 is 0 Å². The third-order valence-electron chi connectivity index (χ3n) is 5.23. The lowest BCUT2D eigenvalue weighted by atomic mass is 10.1. The Morgan fingerprint density at radius 3 is 2.87 bits per heavy atom. The van der Waals surface area contributed by atoms with Crippen LogP contribution >= 0.6 is 0 Å². The van der Waals surface area contributed by atoms with Gasteiger partial charge in [-0.2, -0.15) is 5.10 Å². The lowest BCUT2D eigenvalue weighted by Crippen LogP contribution is -2.22. The Morgan fingerprint density at radius 1 is 1.39 bits per heavy atom. The van der Waals surface area contributed by atoms with Crippen molar-refractivity contribution >= 4 is 23.2 Å². The summed E-state index contributed by atoms with van der Waals surface area (Å²) < 4.78 is 7.17. The lowest BCUT2D eigenvalue weighted by Gasteiger charge is -2.11. The number of aromatic nitrogens is 2. The Balaban J connectivity index is 1.66. The molecule has 8 heteroatoms. The number of primary amides is 1. The maximum atomic E-state index is 11.9. The van der Waals surface area contributed by atoms with Gasteiger partial charge in [-0.3, -0.25) is 9.59 Å². The van der Waals surface area contributed by atoms with Crippen molar-refractivity contribution in [1.29, 1.82) is 0 Å². The number of amides is 2. The number of hydrogen-bond acceptors (Lipinski definition) is 5. The normalized spacial score (nSPS) is 17.1. The third-order valence-corrected chi connectivity index (χ3v) is 5.23. The van der Waals surface area contributed by atoms with E-state index in [0.29, 0.717) is 36.0 Å². The van der Waals surface area contributed by atoms with Gasteiger partial charge in [-0.15, -0.1) is 0 Å². The molecule has 2 heterocycles. The quantitative estimate of drug-likeness (QED) is 0.340. The molecule has 3 N–H and O–H groups in total. The van der Waals surface area contributed by atoms with Crippen molar-refractivity contribution in [2.75, 3.05) is 20.2 Å².